The molecule has 0 aliphatic rings. The molecule has 0 fully saturated rings. The molecule has 0 unspecified atom stereocenters. The second-order valence-electron chi connectivity index (χ2n) is 11.7. The van der Waals surface area contributed by atoms with Crippen LogP contribution < -0.4 is 0 Å². The van der Waals surface area contributed by atoms with Gasteiger partial charge in [-0.3, -0.25) is 0 Å². The van der Waals surface area contributed by atoms with E-state index >= 15 is 0 Å². The molecule has 2 heterocycles. The topological polar surface area (TPSA) is 51.8 Å². The molecule has 0 radical (unpaired) electrons. The van der Waals surface area contributed by atoms with Gasteiger partial charge in [-0.2, -0.15) is 0 Å². The Morgan fingerprint density at radius 3 is 1.57 bits per heavy atom. The van der Waals surface area contributed by atoms with Crippen LogP contribution in [0.25, 0.3) is 89.1 Å². The summed E-state index contributed by atoms with van der Waals surface area (Å²) < 4.78 is 6.37. The van der Waals surface area contributed by atoms with Crippen molar-refractivity contribution < 1.29 is 4.42 Å². The van der Waals surface area contributed by atoms with Crippen molar-refractivity contribution in [2.75, 3.05) is 0 Å². The Bertz CT molecular complexity index is 2550. The van der Waals surface area contributed by atoms with Gasteiger partial charge in [-0.05, 0) is 57.3 Å². The highest BCUT2D eigenvalue weighted by molar-refractivity contribution is 6.15. The van der Waals surface area contributed by atoms with Crippen LogP contribution in [0.1, 0.15) is 0 Å². The van der Waals surface area contributed by atoms with Crippen LogP contribution in [0.5, 0.6) is 0 Å². The van der Waals surface area contributed by atoms with E-state index in [-0.39, 0.29) is 0 Å². The zero-order chi connectivity index (χ0) is 31.2. The van der Waals surface area contributed by atoms with Crippen molar-refractivity contribution in [1.29, 1.82) is 0 Å². The normalized spacial score (nSPS) is 11.4. The number of rotatable bonds is 5. The molecule has 0 saturated carbocycles. The maximum Gasteiger partial charge on any atom is 0.164 e. The minimum absolute atomic E-state index is 0.623. The fourth-order valence-electron chi connectivity index (χ4n) is 6.37. The predicted octanol–water partition coefficient (Wildman–Crippen LogP) is 11.3. The highest BCUT2D eigenvalue weighted by atomic mass is 16.3. The molecule has 0 bridgehead atoms. The average molecular weight is 602 g/mol. The SMILES string of the molecule is c1ccc(-c2ccc(-c3nc(-c4ccccc4)nc(-c4cccc(-c5cccc6oc7cc8ccccc8cc7c56)c4)n3)cc2)cc1. The van der Waals surface area contributed by atoms with Crippen LogP contribution in [0.15, 0.2) is 168 Å². The van der Waals surface area contributed by atoms with Crippen LogP contribution in [-0.2, 0) is 0 Å². The standard InChI is InChI=1S/C43H27N3O/c1-3-11-28(12-4-1)29-21-23-31(24-22-29)42-44-41(30-13-5-2-6-14-30)45-43(46-42)35-18-9-17-34(25-35)36-19-10-20-38-40(36)37-26-32-15-7-8-16-33(32)27-39(37)47-38/h1-27H. The number of hydrogen-bond donors (Lipinski definition) is 0. The van der Waals surface area contributed by atoms with Crippen LogP contribution >= 0.6 is 0 Å². The van der Waals surface area contributed by atoms with E-state index in [0.29, 0.717) is 17.5 Å². The number of aromatic nitrogens is 3. The van der Waals surface area contributed by atoms with Crippen molar-refractivity contribution in [2.24, 2.45) is 0 Å². The molecule has 47 heavy (non-hydrogen) atoms. The van der Waals surface area contributed by atoms with Crippen LogP contribution in [0, 0.1) is 0 Å². The highest BCUT2D eigenvalue weighted by Gasteiger charge is 2.16. The minimum atomic E-state index is 0.623. The lowest BCUT2D eigenvalue weighted by molar-refractivity contribution is 0.669. The van der Waals surface area contributed by atoms with Crippen molar-refractivity contribution >= 4 is 32.7 Å². The third-order valence-corrected chi connectivity index (χ3v) is 8.71. The van der Waals surface area contributed by atoms with Gasteiger partial charge in [-0.1, -0.05) is 140 Å². The first-order valence-corrected chi connectivity index (χ1v) is 15.7. The smallest absolute Gasteiger partial charge is 0.164 e. The highest BCUT2D eigenvalue weighted by Crippen LogP contribution is 2.39. The van der Waals surface area contributed by atoms with Gasteiger partial charge in [0.1, 0.15) is 11.2 Å². The Morgan fingerprint density at radius 2 is 0.851 bits per heavy atom. The molecule has 0 atom stereocenters. The molecule has 4 nitrogen and oxygen atoms in total. The second-order valence-corrected chi connectivity index (χ2v) is 11.7. The van der Waals surface area contributed by atoms with E-state index in [4.69, 9.17) is 19.4 Å². The Hall–Kier alpha value is -6.39. The molecule has 0 spiro atoms. The predicted molar refractivity (Wildman–Crippen MR) is 192 cm³/mol. The van der Waals surface area contributed by atoms with Crippen LogP contribution in [0.3, 0.4) is 0 Å². The zero-order valence-corrected chi connectivity index (χ0v) is 25.3. The van der Waals surface area contributed by atoms with Gasteiger partial charge in [-0.25, -0.2) is 15.0 Å². The monoisotopic (exact) mass is 601 g/mol. The van der Waals surface area contributed by atoms with Gasteiger partial charge in [0.15, 0.2) is 17.5 Å². The van der Waals surface area contributed by atoms with Crippen molar-refractivity contribution in [2.45, 2.75) is 0 Å². The summed E-state index contributed by atoms with van der Waals surface area (Å²) in [4.78, 5) is 15.0. The summed E-state index contributed by atoms with van der Waals surface area (Å²) in [6.07, 6.45) is 0. The molecule has 0 saturated heterocycles. The average Bonchev–Trinajstić information content (AvgIpc) is 3.52. The maximum atomic E-state index is 6.37. The number of benzene rings is 7. The van der Waals surface area contributed by atoms with E-state index in [0.717, 1.165) is 60.7 Å². The van der Waals surface area contributed by atoms with E-state index in [1.54, 1.807) is 0 Å². The summed E-state index contributed by atoms with van der Waals surface area (Å²) >= 11 is 0. The third kappa shape index (κ3) is 4.93. The number of nitrogens with zero attached hydrogens (tertiary/aromatic N) is 3. The fourth-order valence-corrected chi connectivity index (χ4v) is 6.37. The molecule has 2 aromatic heterocycles. The summed E-state index contributed by atoms with van der Waals surface area (Å²) in [7, 11) is 0. The van der Waals surface area contributed by atoms with Crippen molar-refractivity contribution in [3.05, 3.63) is 164 Å². The van der Waals surface area contributed by atoms with E-state index < -0.39 is 0 Å². The summed E-state index contributed by atoms with van der Waals surface area (Å²) in [5.74, 6) is 1.89. The second kappa shape index (κ2) is 11.2. The zero-order valence-electron chi connectivity index (χ0n) is 25.3. The summed E-state index contributed by atoms with van der Waals surface area (Å²) in [5.41, 5.74) is 9.03. The Labute approximate surface area is 271 Å². The number of furan rings is 1. The fraction of sp³-hybridized carbons (Fsp3) is 0. The quantitative estimate of drug-likeness (QED) is 0.197. The molecule has 0 N–H and O–H groups in total. The molecular formula is C43H27N3O. The Kier molecular flexibility index (Phi) is 6.43. The summed E-state index contributed by atoms with van der Waals surface area (Å²) in [5, 5.41) is 4.56. The van der Waals surface area contributed by atoms with Gasteiger partial charge in [0.2, 0.25) is 0 Å². The first-order chi connectivity index (χ1) is 23.3. The molecule has 9 aromatic rings. The van der Waals surface area contributed by atoms with Crippen molar-refractivity contribution in [3.63, 3.8) is 0 Å². The van der Waals surface area contributed by atoms with E-state index in [1.807, 2.05) is 42.5 Å². The number of hydrogen-bond acceptors (Lipinski definition) is 4. The lowest BCUT2D eigenvalue weighted by Crippen LogP contribution is -2.00. The van der Waals surface area contributed by atoms with Gasteiger partial charge in [0.25, 0.3) is 0 Å². The Balaban J connectivity index is 1.18. The van der Waals surface area contributed by atoms with E-state index in [2.05, 4.69) is 121 Å². The van der Waals surface area contributed by atoms with Gasteiger partial charge >= 0.3 is 0 Å². The van der Waals surface area contributed by atoms with Gasteiger partial charge in [0.05, 0.1) is 0 Å². The lowest BCUT2D eigenvalue weighted by atomic mass is 9.97. The molecule has 4 heteroatoms. The molecule has 220 valence electrons. The van der Waals surface area contributed by atoms with Crippen LogP contribution in [-0.4, -0.2) is 15.0 Å². The summed E-state index contributed by atoms with van der Waals surface area (Å²) in [6, 6.07) is 56.3. The van der Waals surface area contributed by atoms with Crippen LogP contribution in [0.2, 0.25) is 0 Å². The third-order valence-electron chi connectivity index (χ3n) is 8.71. The van der Waals surface area contributed by atoms with Gasteiger partial charge in [0, 0.05) is 27.5 Å². The minimum Gasteiger partial charge on any atom is -0.456 e. The van der Waals surface area contributed by atoms with E-state index in [1.165, 1.54) is 10.9 Å². The largest absolute Gasteiger partial charge is 0.456 e. The first kappa shape index (κ1) is 27.0. The number of fused-ring (bicyclic) bond motifs is 4. The first-order valence-electron chi connectivity index (χ1n) is 15.7. The van der Waals surface area contributed by atoms with E-state index in [9.17, 15) is 0 Å². The molecule has 0 amide bonds. The molecule has 9 rings (SSSR count). The van der Waals surface area contributed by atoms with Gasteiger partial charge < -0.3 is 4.42 Å². The molecule has 0 aliphatic heterocycles. The Morgan fingerprint density at radius 1 is 0.340 bits per heavy atom. The maximum absolute atomic E-state index is 6.37. The van der Waals surface area contributed by atoms with Crippen molar-refractivity contribution in [3.8, 4) is 56.4 Å². The van der Waals surface area contributed by atoms with Crippen LogP contribution in [0.4, 0.5) is 0 Å². The molecular weight excluding hydrogens is 574 g/mol. The lowest BCUT2D eigenvalue weighted by Gasteiger charge is -2.10. The van der Waals surface area contributed by atoms with Gasteiger partial charge in [-0.15, -0.1) is 0 Å². The molecule has 7 aromatic carbocycles. The molecule has 0 aliphatic carbocycles. The van der Waals surface area contributed by atoms with Crippen molar-refractivity contribution in [1.82, 2.24) is 15.0 Å². The summed E-state index contributed by atoms with van der Waals surface area (Å²) in [6.45, 7) is 0.